The summed E-state index contributed by atoms with van der Waals surface area (Å²) >= 11 is 0. The van der Waals surface area contributed by atoms with E-state index in [0.29, 0.717) is 11.5 Å². The molecular weight excluding hydrogens is 292 g/mol. The molecule has 1 saturated heterocycles. The van der Waals surface area contributed by atoms with Crippen molar-refractivity contribution < 1.29 is 14.3 Å². The Bertz CT molecular complexity index is 572. The second-order valence-corrected chi connectivity index (χ2v) is 5.80. The van der Waals surface area contributed by atoms with Crippen LogP contribution in [0.25, 0.3) is 0 Å². The molecule has 0 aromatic heterocycles. The third-order valence-corrected chi connectivity index (χ3v) is 4.30. The normalized spacial score (nSPS) is 16.1. The summed E-state index contributed by atoms with van der Waals surface area (Å²) < 4.78 is 10.5. The first-order chi connectivity index (χ1) is 11.2. The molecule has 1 amide bonds. The molecule has 5 heteroatoms. The van der Waals surface area contributed by atoms with Crippen molar-refractivity contribution in [3.8, 4) is 17.6 Å². The summed E-state index contributed by atoms with van der Waals surface area (Å²) in [6, 6.07) is 7.63. The van der Waals surface area contributed by atoms with Crippen LogP contribution in [-0.2, 0) is 4.79 Å². The predicted molar refractivity (Wildman–Crippen MR) is 87.6 cm³/mol. The summed E-state index contributed by atoms with van der Waals surface area (Å²) in [6.45, 7) is 1.62. The number of nitrogens with zero attached hydrogens (tertiary/aromatic N) is 2. The third-order valence-electron chi connectivity index (χ3n) is 4.30. The zero-order valence-electron chi connectivity index (χ0n) is 13.9. The molecule has 23 heavy (non-hydrogen) atoms. The monoisotopic (exact) mass is 316 g/mol. The van der Waals surface area contributed by atoms with Crippen LogP contribution in [0.2, 0.25) is 0 Å². The Labute approximate surface area is 137 Å². The number of methoxy groups -OCH3 is 2. The lowest BCUT2D eigenvalue weighted by Crippen LogP contribution is -2.32. The lowest BCUT2D eigenvalue weighted by atomic mass is 9.96. The smallest absolute Gasteiger partial charge is 0.224 e. The first kappa shape index (κ1) is 17.1. The van der Waals surface area contributed by atoms with Crippen molar-refractivity contribution >= 4 is 5.91 Å². The molecule has 0 spiro atoms. The summed E-state index contributed by atoms with van der Waals surface area (Å²) in [5.74, 6) is 0.790. The zero-order chi connectivity index (χ0) is 16.7. The van der Waals surface area contributed by atoms with E-state index in [0.717, 1.165) is 31.5 Å². The van der Waals surface area contributed by atoms with E-state index in [-0.39, 0.29) is 12.3 Å². The molecule has 0 N–H and O–H groups in total. The lowest BCUT2D eigenvalue weighted by molar-refractivity contribution is -0.131. The van der Waals surface area contributed by atoms with Gasteiger partial charge in [-0.1, -0.05) is 18.9 Å². The van der Waals surface area contributed by atoms with E-state index in [1.807, 2.05) is 11.0 Å². The van der Waals surface area contributed by atoms with Crippen LogP contribution in [0.15, 0.2) is 18.2 Å². The number of rotatable bonds is 5. The van der Waals surface area contributed by atoms with Gasteiger partial charge in [-0.15, -0.1) is 0 Å². The number of hydrogen-bond donors (Lipinski definition) is 0. The fourth-order valence-corrected chi connectivity index (χ4v) is 2.93. The highest BCUT2D eigenvalue weighted by Crippen LogP contribution is 2.32. The second kappa shape index (κ2) is 8.42. The van der Waals surface area contributed by atoms with E-state index in [4.69, 9.17) is 9.47 Å². The molecule has 1 aliphatic rings. The van der Waals surface area contributed by atoms with Crippen LogP contribution in [0, 0.1) is 11.3 Å². The van der Waals surface area contributed by atoms with Crippen LogP contribution < -0.4 is 9.47 Å². The number of nitriles is 1. The summed E-state index contributed by atoms with van der Waals surface area (Å²) in [6.07, 6.45) is 4.69. The number of amides is 1. The van der Waals surface area contributed by atoms with Crippen molar-refractivity contribution in [2.24, 2.45) is 0 Å². The maximum atomic E-state index is 12.5. The minimum Gasteiger partial charge on any atom is -0.493 e. The topological polar surface area (TPSA) is 62.6 Å². The molecule has 1 unspecified atom stereocenters. The summed E-state index contributed by atoms with van der Waals surface area (Å²) in [7, 11) is 3.13. The van der Waals surface area contributed by atoms with Crippen molar-refractivity contribution in [2.45, 2.75) is 38.0 Å². The van der Waals surface area contributed by atoms with Gasteiger partial charge in [0.15, 0.2) is 11.5 Å². The number of ether oxygens (including phenoxy) is 2. The van der Waals surface area contributed by atoms with E-state index in [1.165, 1.54) is 12.8 Å². The van der Waals surface area contributed by atoms with Gasteiger partial charge in [-0.3, -0.25) is 4.79 Å². The van der Waals surface area contributed by atoms with Gasteiger partial charge < -0.3 is 14.4 Å². The van der Waals surface area contributed by atoms with E-state index in [2.05, 4.69) is 6.07 Å². The van der Waals surface area contributed by atoms with Gasteiger partial charge in [0.25, 0.3) is 0 Å². The van der Waals surface area contributed by atoms with Crippen molar-refractivity contribution in [1.82, 2.24) is 4.90 Å². The third kappa shape index (κ3) is 4.38. The quantitative estimate of drug-likeness (QED) is 0.837. The molecule has 1 atom stereocenters. The van der Waals surface area contributed by atoms with Crippen LogP contribution in [-0.4, -0.2) is 38.1 Å². The minimum atomic E-state index is -0.467. The van der Waals surface area contributed by atoms with E-state index < -0.39 is 5.92 Å². The first-order valence-electron chi connectivity index (χ1n) is 8.09. The Morgan fingerprint density at radius 3 is 2.39 bits per heavy atom. The number of carbonyl (C=O) groups is 1. The highest BCUT2D eigenvalue weighted by molar-refractivity contribution is 5.77. The highest BCUT2D eigenvalue weighted by Gasteiger charge is 2.22. The predicted octanol–water partition coefficient (Wildman–Crippen LogP) is 3.10. The largest absolute Gasteiger partial charge is 0.493 e. The van der Waals surface area contributed by atoms with Gasteiger partial charge in [-0.05, 0) is 30.5 Å². The SMILES string of the molecule is COc1ccc(C(C#N)CC(=O)N2CCCCCC2)cc1OC. The Morgan fingerprint density at radius 1 is 1.17 bits per heavy atom. The fourth-order valence-electron chi connectivity index (χ4n) is 2.93. The minimum absolute atomic E-state index is 0.0632. The van der Waals surface area contributed by atoms with Crippen molar-refractivity contribution in [1.29, 1.82) is 5.26 Å². The number of likely N-dealkylation sites (tertiary alicyclic amines) is 1. The Kier molecular flexibility index (Phi) is 6.28. The van der Waals surface area contributed by atoms with Gasteiger partial charge in [-0.25, -0.2) is 0 Å². The molecule has 0 radical (unpaired) electrons. The maximum absolute atomic E-state index is 12.5. The van der Waals surface area contributed by atoms with Crippen molar-refractivity contribution in [3.05, 3.63) is 23.8 Å². The number of hydrogen-bond acceptors (Lipinski definition) is 4. The van der Waals surface area contributed by atoms with Gasteiger partial charge in [-0.2, -0.15) is 5.26 Å². The molecule has 0 saturated carbocycles. The molecule has 1 aromatic rings. The summed E-state index contributed by atoms with van der Waals surface area (Å²) in [5.41, 5.74) is 0.785. The summed E-state index contributed by atoms with van der Waals surface area (Å²) in [4.78, 5) is 14.4. The zero-order valence-corrected chi connectivity index (χ0v) is 13.9. The first-order valence-corrected chi connectivity index (χ1v) is 8.09. The Morgan fingerprint density at radius 2 is 1.83 bits per heavy atom. The molecular formula is C18H24N2O3. The van der Waals surface area contributed by atoms with Gasteiger partial charge in [0.05, 0.1) is 26.2 Å². The highest BCUT2D eigenvalue weighted by atomic mass is 16.5. The molecule has 1 aromatic carbocycles. The Hall–Kier alpha value is -2.22. The summed E-state index contributed by atoms with van der Waals surface area (Å²) in [5, 5.41) is 9.48. The van der Waals surface area contributed by atoms with Crippen LogP contribution in [0.4, 0.5) is 0 Å². The van der Waals surface area contributed by atoms with Crippen molar-refractivity contribution in [3.63, 3.8) is 0 Å². The average Bonchev–Trinajstić information content (AvgIpc) is 2.88. The fraction of sp³-hybridized carbons (Fsp3) is 0.556. The van der Waals surface area contributed by atoms with Gasteiger partial charge in [0.1, 0.15) is 0 Å². The van der Waals surface area contributed by atoms with Crippen LogP contribution in [0.1, 0.15) is 43.6 Å². The van der Waals surface area contributed by atoms with Crippen LogP contribution in [0.5, 0.6) is 11.5 Å². The maximum Gasteiger partial charge on any atom is 0.224 e. The van der Waals surface area contributed by atoms with Crippen molar-refractivity contribution in [2.75, 3.05) is 27.3 Å². The van der Waals surface area contributed by atoms with Crippen LogP contribution >= 0.6 is 0 Å². The van der Waals surface area contributed by atoms with E-state index >= 15 is 0 Å². The number of carbonyl (C=O) groups excluding carboxylic acids is 1. The van der Waals surface area contributed by atoms with Gasteiger partial charge in [0, 0.05) is 19.5 Å². The molecule has 2 rings (SSSR count). The molecule has 1 fully saturated rings. The molecule has 1 heterocycles. The molecule has 5 nitrogen and oxygen atoms in total. The van der Waals surface area contributed by atoms with E-state index in [1.54, 1.807) is 26.4 Å². The molecule has 124 valence electrons. The molecule has 1 aliphatic heterocycles. The standard InChI is InChI=1S/C18H24N2O3/c1-22-16-8-7-14(11-17(16)23-2)15(13-19)12-18(21)20-9-5-3-4-6-10-20/h7-8,11,15H,3-6,9-10,12H2,1-2H3. The number of benzene rings is 1. The lowest BCUT2D eigenvalue weighted by Gasteiger charge is -2.22. The second-order valence-electron chi connectivity index (χ2n) is 5.80. The van der Waals surface area contributed by atoms with Crippen LogP contribution in [0.3, 0.4) is 0 Å². The van der Waals surface area contributed by atoms with Gasteiger partial charge >= 0.3 is 0 Å². The van der Waals surface area contributed by atoms with Gasteiger partial charge in [0.2, 0.25) is 5.91 Å². The molecule has 0 aliphatic carbocycles. The average molecular weight is 316 g/mol. The van der Waals surface area contributed by atoms with E-state index in [9.17, 15) is 10.1 Å². The Balaban J connectivity index is 2.10. The molecule has 0 bridgehead atoms.